The Morgan fingerprint density at radius 2 is 1.75 bits per heavy atom. The van der Waals surface area contributed by atoms with Crippen molar-refractivity contribution in [1.82, 2.24) is 24.6 Å². The monoisotopic (exact) mass is 534 g/mol. The van der Waals surface area contributed by atoms with Crippen LogP contribution in [0.2, 0.25) is 5.02 Å². The number of halogens is 1. The highest BCUT2D eigenvalue weighted by atomic mass is 35.5. The van der Waals surface area contributed by atoms with E-state index in [-0.39, 0.29) is 11.7 Å². The van der Waals surface area contributed by atoms with Gasteiger partial charge >= 0.3 is 11.9 Å². The topological polar surface area (TPSA) is 151 Å². The molecule has 0 aliphatic carbocycles. The van der Waals surface area contributed by atoms with Crippen molar-refractivity contribution < 1.29 is 24.6 Å². The molecule has 1 aromatic carbocycles. The number of carboxylic acid groups (broad SMARTS) is 2. The molecule has 3 N–H and O–H groups in total. The van der Waals surface area contributed by atoms with Gasteiger partial charge in [0.05, 0.1) is 5.75 Å². The molecule has 192 valence electrons. The van der Waals surface area contributed by atoms with E-state index in [1.165, 1.54) is 11.8 Å². The number of rotatable bonds is 9. The molecule has 13 heteroatoms. The van der Waals surface area contributed by atoms with Gasteiger partial charge in [0, 0.05) is 35.2 Å². The molecule has 3 aromatic rings. The van der Waals surface area contributed by atoms with E-state index in [9.17, 15) is 4.79 Å². The van der Waals surface area contributed by atoms with E-state index in [0.717, 1.165) is 47.3 Å². The van der Waals surface area contributed by atoms with Gasteiger partial charge in [-0.1, -0.05) is 29.4 Å². The molecule has 0 fully saturated rings. The molecule has 0 unspecified atom stereocenters. The SMILES string of the molecule is Cc1c(Cl)cccc1NC(=O)CSc1nnc(-c2ccncc2)n1CCCN(C)C.O=C(O)C(=O)O. The van der Waals surface area contributed by atoms with Crippen LogP contribution in [0, 0.1) is 6.92 Å². The predicted molar refractivity (Wildman–Crippen MR) is 137 cm³/mol. The van der Waals surface area contributed by atoms with Crippen molar-refractivity contribution in [3.63, 3.8) is 0 Å². The van der Waals surface area contributed by atoms with Gasteiger partial charge in [0.1, 0.15) is 0 Å². The number of amides is 1. The Morgan fingerprint density at radius 1 is 1.08 bits per heavy atom. The number of nitrogens with zero attached hydrogens (tertiary/aromatic N) is 5. The Bertz CT molecular complexity index is 1180. The van der Waals surface area contributed by atoms with Gasteiger partial charge in [0.25, 0.3) is 0 Å². The molecule has 11 nitrogen and oxygen atoms in total. The number of aromatic nitrogens is 4. The summed E-state index contributed by atoms with van der Waals surface area (Å²) < 4.78 is 2.07. The van der Waals surface area contributed by atoms with Crippen LogP contribution in [0.4, 0.5) is 5.69 Å². The van der Waals surface area contributed by atoms with E-state index < -0.39 is 11.9 Å². The molecule has 2 heterocycles. The van der Waals surface area contributed by atoms with Gasteiger partial charge in [0.15, 0.2) is 11.0 Å². The number of carboxylic acids is 2. The van der Waals surface area contributed by atoms with Crippen molar-refractivity contribution in [3.8, 4) is 11.4 Å². The number of hydrogen-bond donors (Lipinski definition) is 3. The van der Waals surface area contributed by atoms with Crippen LogP contribution >= 0.6 is 23.4 Å². The van der Waals surface area contributed by atoms with Crippen LogP contribution in [0.5, 0.6) is 0 Å². The summed E-state index contributed by atoms with van der Waals surface area (Å²) in [6.45, 7) is 3.60. The minimum atomic E-state index is -1.82. The second-order valence-electron chi connectivity index (χ2n) is 7.71. The first-order chi connectivity index (χ1) is 17.1. The highest BCUT2D eigenvalue weighted by molar-refractivity contribution is 7.99. The second-order valence-corrected chi connectivity index (χ2v) is 9.06. The van der Waals surface area contributed by atoms with E-state index >= 15 is 0 Å². The van der Waals surface area contributed by atoms with Crippen LogP contribution < -0.4 is 5.32 Å². The first kappa shape index (κ1) is 28.8. The van der Waals surface area contributed by atoms with Crippen molar-refractivity contribution >= 4 is 46.9 Å². The lowest BCUT2D eigenvalue weighted by molar-refractivity contribution is -0.159. The fourth-order valence-electron chi connectivity index (χ4n) is 2.92. The molecule has 1 amide bonds. The molecule has 0 atom stereocenters. The van der Waals surface area contributed by atoms with Gasteiger partial charge in [0.2, 0.25) is 5.91 Å². The average Bonchev–Trinajstić information content (AvgIpc) is 3.24. The van der Waals surface area contributed by atoms with Crippen LogP contribution in [0.3, 0.4) is 0 Å². The van der Waals surface area contributed by atoms with Crippen molar-refractivity contribution in [2.75, 3.05) is 31.7 Å². The molecule has 0 radical (unpaired) electrons. The maximum absolute atomic E-state index is 12.5. The van der Waals surface area contributed by atoms with Gasteiger partial charge in [-0.05, 0) is 63.8 Å². The molecular formula is C23H27ClN6O5S. The number of benzene rings is 1. The third kappa shape index (κ3) is 8.95. The van der Waals surface area contributed by atoms with E-state index in [2.05, 4.69) is 30.0 Å². The molecule has 2 aromatic heterocycles. The Kier molecular flexibility index (Phi) is 11.3. The first-order valence-electron chi connectivity index (χ1n) is 10.7. The lowest BCUT2D eigenvalue weighted by atomic mass is 10.2. The molecule has 0 saturated carbocycles. The number of carbonyl (C=O) groups is 3. The molecule has 0 aliphatic heterocycles. The van der Waals surface area contributed by atoms with Crippen LogP contribution in [-0.2, 0) is 20.9 Å². The summed E-state index contributed by atoms with van der Waals surface area (Å²) in [6, 6.07) is 9.29. The van der Waals surface area contributed by atoms with Crippen LogP contribution in [0.25, 0.3) is 11.4 Å². The maximum atomic E-state index is 12.5. The summed E-state index contributed by atoms with van der Waals surface area (Å²) >= 11 is 7.51. The molecule has 0 spiro atoms. The summed E-state index contributed by atoms with van der Waals surface area (Å²) in [5.41, 5.74) is 2.52. The van der Waals surface area contributed by atoms with Gasteiger partial charge < -0.3 is 25.0 Å². The standard InChI is InChI=1S/C21H25ClN6OS.C2H2O4/c1-15-17(22)6-4-7-18(15)24-19(29)14-30-21-26-25-20(16-8-10-23-11-9-16)28(21)13-5-12-27(2)3;3-1(4)2(5)6/h4,6-11H,5,12-14H2,1-3H3,(H,24,29);(H,3,4)(H,5,6). The zero-order chi connectivity index (χ0) is 26.7. The van der Waals surface area contributed by atoms with E-state index in [1.54, 1.807) is 18.5 Å². The Balaban J connectivity index is 0.000000678. The summed E-state index contributed by atoms with van der Waals surface area (Å²) in [5.74, 6) is -2.75. The third-order valence-corrected chi connectivity index (χ3v) is 6.08. The molecule has 0 bridgehead atoms. The normalized spacial score (nSPS) is 10.5. The van der Waals surface area contributed by atoms with Crippen LogP contribution in [-0.4, -0.2) is 79.1 Å². The summed E-state index contributed by atoms with van der Waals surface area (Å²) in [4.78, 5) is 36.9. The highest BCUT2D eigenvalue weighted by Crippen LogP contribution is 2.26. The van der Waals surface area contributed by atoms with Gasteiger partial charge in [-0.15, -0.1) is 10.2 Å². The lowest BCUT2D eigenvalue weighted by Crippen LogP contribution is -2.17. The lowest BCUT2D eigenvalue weighted by Gasteiger charge is -2.13. The van der Waals surface area contributed by atoms with Crippen molar-refractivity contribution in [2.45, 2.75) is 25.0 Å². The van der Waals surface area contributed by atoms with Crippen molar-refractivity contribution in [2.24, 2.45) is 0 Å². The fourth-order valence-corrected chi connectivity index (χ4v) is 3.85. The number of anilines is 1. The maximum Gasteiger partial charge on any atom is 0.414 e. The van der Waals surface area contributed by atoms with Gasteiger partial charge in [-0.25, -0.2) is 9.59 Å². The number of hydrogen-bond acceptors (Lipinski definition) is 8. The van der Waals surface area contributed by atoms with Crippen molar-refractivity contribution in [1.29, 1.82) is 0 Å². The Labute approximate surface area is 217 Å². The zero-order valence-corrected chi connectivity index (χ0v) is 21.6. The Morgan fingerprint density at radius 3 is 2.36 bits per heavy atom. The molecule has 0 aliphatic rings. The van der Waals surface area contributed by atoms with Gasteiger partial charge in [-0.3, -0.25) is 9.78 Å². The van der Waals surface area contributed by atoms with E-state index in [1.807, 2.05) is 45.3 Å². The number of thioether (sulfide) groups is 1. The zero-order valence-electron chi connectivity index (χ0n) is 20.0. The van der Waals surface area contributed by atoms with E-state index in [4.69, 9.17) is 31.4 Å². The summed E-state index contributed by atoms with van der Waals surface area (Å²) in [5, 5.41) is 27.8. The summed E-state index contributed by atoms with van der Waals surface area (Å²) in [7, 11) is 4.10. The quantitative estimate of drug-likeness (QED) is 0.276. The molecule has 0 saturated heterocycles. The number of nitrogens with one attached hydrogen (secondary N) is 1. The Hall–Kier alpha value is -3.48. The molecular weight excluding hydrogens is 508 g/mol. The minimum absolute atomic E-state index is 0.112. The van der Waals surface area contributed by atoms with Crippen LogP contribution in [0.1, 0.15) is 12.0 Å². The number of aliphatic carboxylic acids is 2. The molecule has 3 rings (SSSR count). The second kappa shape index (κ2) is 14.2. The number of pyridine rings is 1. The minimum Gasteiger partial charge on any atom is -0.473 e. The van der Waals surface area contributed by atoms with Crippen molar-refractivity contribution in [3.05, 3.63) is 53.3 Å². The van der Waals surface area contributed by atoms with E-state index in [0.29, 0.717) is 5.02 Å². The third-order valence-electron chi connectivity index (χ3n) is 4.70. The number of carbonyl (C=O) groups excluding carboxylic acids is 1. The van der Waals surface area contributed by atoms with Crippen LogP contribution in [0.15, 0.2) is 47.9 Å². The smallest absolute Gasteiger partial charge is 0.414 e. The largest absolute Gasteiger partial charge is 0.473 e. The highest BCUT2D eigenvalue weighted by Gasteiger charge is 2.16. The first-order valence-corrected chi connectivity index (χ1v) is 12.1. The fraction of sp³-hybridized carbons (Fsp3) is 0.304. The molecule has 36 heavy (non-hydrogen) atoms. The average molecular weight is 535 g/mol. The van der Waals surface area contributed by atoms with Gasteiger partial charge in [-0.2, -0.15) is 0 Å². The predicted octanol–water partition coefficient (Wildman–Crippen LogP) is 3.14. The summed E-state index contributed by atoms with van der Waals surface area (Å²) in [6.07, 6.45) is 4.42.